The molecule has 18 heavy (non-hydrogen) atoms. The molecule has 1 unspecified atom stereocenters. The van der Waals surface area contributed by atoms with Gasteiger partial charge in [0.15, 0.2) is 0 Å². The molecule has 6 heteroatoms. The molecule has 0 bridgehead atoms. The molecule has 0 fully saturated rings. The Hall–Kier alpha value is -2.55. The molecule has 6 nitrogen and oxygen atoms in total. The highest BCUT2D eigenvalue weighted by atomic mass is 16.5. The third kappa shape index (κ3) is 3.22. The number of aliphatic carboxylic acids is 1. The van der Waals surface area contributed by atoms with E-state index in [4.69, 9.17) is 11.5 Å². The van der Waals surface area contributed by atoms with Gasteiger partial charge in [0.1, 0.15) is 17.4 Å². The minimum atomic E-state index is -1.12. The Balaban J connectivity index is 2.99. The second kappa shape index (κ2) is 6.25. The molecule has 0 saturated carbocycles. The predicted octanol–water partition coefficient (Wildman–Crippen LogP) is 0.757. The molecule has 0 radical (unpaired) electrons. The maximum Gasteiger partial charge on any atom is 0.341 e. The fraction of sp³-hybridized carbons (Fsp3) is 0.250. The van der Waals surface area contributed by atoms with Crippen molar-refractivity contribution in [3.63, 3.8) is 0 Å². The van der Waals surface area contributed by atoms with E-state index in [1.807, 2.05) is 0 Å². The largest absolute Gasteiger partial charge is 0.480 e. The Morgan fingerprint density at radius 1 is 1.67 bits per heavy atom. The van der Waals surface area contributed by atoms with Crippen LogP contribution in [0.15, 0.2) is 18.3 Å². The number of rotatable bonds is 5. The number of pyridine rings is 1. The van der Waals surface area contributed by atoms with Crippen molar-refractivity contribution in [3.8, 4) is 12.3 Å². The average molecular weight is 248 g/mol. The first-order valence-corrected chi connectivity index (χ1v) is 5.06. The number of carbonyl (C=O) groups is 2. The van der Waals surface area contributed by atoms with Gasteiger partial charge in [-0.15, -0.1) is 12.3 Å². The van der Waals surface area contributed by atoms with E-state index in [1.54, 1.807) is 6.07 Å². The van der Waals surface area contributed by atoms with Crippen LogP contribution in [-0.2, 0) is 9.53 Å². The number of carbonyl (C=O) groups excluding carboxylic acids is 1. The Labute approximate surface area is 104 Å². The molecule has 0 spiro atoms. The quantitative estimate of drug-likeness (QED) is 0.590. The number of carboxylic acid groups (broad SMARTS) is 1. The van der Waals surface area contributed by atoms with E-state index in [-0.39, 0.29) is 17.8 Å². The number of anilines is 1. The number of esters is 1. The molecule has 0 aromatic carbocycles. The van der Waals surface area contributed by atoms with Crippen molar-refractivity contribution < 1.29 is 19.4 Å². The van der Waals surface area contributed by atoms with Gasteiger partial charge in [0.05, 0.1) is 7.11 Å². The highest BCUT2D eigenvalue weighted by Gasteiger charge is 2.20. The first-order chi connectivity index (χ1) is 8.60. The van der Waals surface area contributed by atoms with E-state index in [2.05, 4.69) is 21.0 Å². The van der Waals surface area contributed by atoms with Crippen molar-refractivity contribution in [1.82, 2.24) is 4.98 Å². The Morgan fingerprint density at radius 2 is 2.39 bits per heavy atom. The maximum absolute atomic E-state index is 11.5. The van der Waals surface area contributed by atoms with Gasteiger partial charge < -0.3 is 15.2 Å². The summed E-state index contributed by atoms with van der Waals surface area (Å²) >= 11 is 0. The van der Waals surface area contributed by atoms with E-state index >= 15 is 0 Å². The zero-order valence-corrected chi connectivity index (χ0v) is 9.71. The van der Waals surface area contributed by atoms with Crippen molar-refractivity contribution in [3.05, 3.63) is 23.9 Å². The number of nitrogens with zero attached hydrogens (tertiary/aromatic N) is 1. The van der Waals surface area contributed by atoms with Crippen LogP contribution in [0.1, 0.15) is 16.8 Å². The summed E-state index contributed by atoms with van der Waals surface area (Å²) in [6.07, 6.45) is 6.49. The summed E-state index contributed by atoms with van der Waals surface area (Å²) in [4.78, 5) is 26.3. The van der Waals surface area contributed by atoms with Gasteiger partial charge in [-0.25, -0.2) is 14.6 Å². The molecule has 0 aliphatic heterocycles. The van der Waals surface area contributed by atoms with E-state index in [1.165, 1.54) is 19.4 Å². The summed E-state index contributed by atoms with van der Waals surface area (Å²) in [5.41, 5.74) is 0.156. The fourth-order valence-corrected chi connectivity index (χ4v) is 1.28. The molecular formula is C12H12N2O4. The standard InChI is InChI=1S/C12H12N2O4/c1-3-5-9(11(15)16)14-10-8(12(17)18-2)6-4-7-13-10/h1,4,6-7,9H,5H2,2H3,(H,13,14)(H,15,16). The monoisotopic (exact) mass is 248 g/mol. The number of carboxylic acids is 1. The molecule has 94 valence electrons. The first-order valence-electron chi connectivity index (χ1n) is 5.06. The Bertz CT molecular complexity index is 493. The number of ether oxygens (including phenoxy) is 1. The highest BCUT2D eigenvalue weighted by molar-refractivity contribution is 5.95. The number of aromatic nitrogens is 1. The molecule has 0 saturated heterocycles. The Morgan fingerprint density at radius 3 is 2.94 bits per heavy atom. The molecule has 0 aliphatic carbocycles. The molecule has 0 amide bonds. The lowest BCUT2D eigenvalue weighted by atomic mass is 10.2. The lowest BCUT2D eigenvalue weighted by Crippen LogP contribution is -2.30. The Kier molecular flexibility index (Phi) is 4.69. The van der Waals surface area contributed by atoms with Crippen molar-refractivity contribution in [1.29, 1.82) is 0 Å². The van der Waals surface area contributed by atoms with Crippen LogP contribution in [0.3, 0.4) is 0 Å². The van der Waals surface area contributed by atoms with Crippen LogP contribution < -0.4 is 5.32 Å². The minimum Gasteiger partial charge on any atom is -0.480 e. The van der Waals surface area contributed by atoms with Gasteiger partial charge >= 0.3 is 11.9 Å². The smallest absolute Gasteiger partial charge is 0.341 e. The third-order valence-electron chi connectivity index (χ3n) is 2.14. The van der Waals surface area contributed by atoms with Gasteiger partial charge in [-0.3, -0.25) is 0 Å². The summed E-state index contributed by atoms with van der Waals surface area (Å²) < 4.78 is 4.57. The molecule has 0 aliphatic rings. The summed E-state index contributed by atoms with van der Waals surface area (Å²) in [6, 6.07) is 2.03. The molecule has 1 aromatic rings. The van der Waals surface area contributed by atoms with Gasteiger partial charge in [-0.1, -0.05) is 0 Å². The lowest BCUT2D eigenvalue weighted by molar-refractivity contribution is -0.137. The topological polar surface area (TPSA) is 88.5 Å². The maximum atomic E-state index is 11.5. The van der Waals surface area contributed by atoms with Crippen LogP contribution in [0, 0.1) is 12.3 Å². The second-order valence-corrected chi connectivity index (χ2v) is 3.33. The van der Waals surface area contributed by atoms with Gasteiger partial charge in [-0.2, -0.15) is 0 Å². The number of nitrogens with one attached hydrogen (secondary N) is 1. The molecule has 1 atom stereocenters. The van der Waals surface area contributed by atoms with Crippen molar-refractivity contribution >= 4 is 17.8 Å². The fourth-order valence-electron chi connectivity index (χ4n) is 1.28. The van der Waals surface area contributed by atoms with Crippen LogP contribution in [0.5, 0.6) is 0 Å². The van der Waals surface area contributed by atoms with Crippen molar-refractivity contribution in [2.45, 2.75) is 12.5 Å². The number of hydrogen-bond acceptors (Lipinski definition) is 5. The lowest BCUT2D eigenvalue weighted by Gasteiger charge is -2.14. The van der Waals surface area contributed by atoms with Crippen LogP contribution in [0.2, 0.25) is 0 Å². The first kappa shape index (κ1) is 13.5. The summed E-state index contributed by atoms with van der Waals surface area (Å²) in [7, 11) is 1.23. The zero-order valence-electron chi connectivity index (χ0n) is 9.71. The van der Waals surface area contributed by atoms with Crippen molar-refractivity contribution in [2.24, 2.45) is 0 Å². The van der Waals surface area contributed by atoms with E-state index < -0.39 is 18.0 Å². The molecule has 2 N–H and O–H groups in total. The third-order valence-corrected chi connectivity index (χ3v) is 2.14. The molecule has 1 aromatic heterocycles. The highest BCUT2D eigenvalue weighted by Crippen LogP contribution is 2.14. The number of terminal acetylenes is 1. The summed E-state index contributed by atoms with van der Waals surface area (Å²) in [5, 5.41) is 11.6. The van der Waals surface area contributed by atoms with E-state index in [9.17, 15) is 9.59 Å². The van der Waals surface area contributed by atoms with Crippen LogP contribution in [0.25, 0.3) is 0 Å². The van der Waals surface area contributed by atoms with Gasteiger partial charge in [0.2, 0.25) is 0 Å². The summed E-state index contributed by atoms with van der Waals surface area (Å²) in [6.45, 7) is 0. The van der Waals surface area contributed by atoms with E-state index in [0.29, 0.717) is 0 Å². The van der Waals surface area contributed by atoms with Gasteiger partial charge in [-0.05, 0) is 12.1 Å². The normalized spacial score (nSPS) is 11.1. The van der Waals surface area contributed by atoms with E-state index in [0.717, 1.165) is 0 Å². The SMILES string of the molecule is C#CCC(Nc1ncccc1C(=O)OC)C(=O)O. The number of methoxy groups -OCH3 is 1. The zero-order chi connectivity index (χ0) is 13.5. The van der Waals surface area contributed by atoms with Crippen molar-refractivity contribution in [2.75, 3.05) is 12.4 Å². The minimum absolute atomic E-state index is 0.0213. The summed E-state index contributed by atoms with van der Waals surface area (Å²) in [5.74, 6) is 0.659. The predicted molar refractivity (Wildman–Crippen MR) is 64.1 cm³/mol. The van der Waals surface area contributed by atoms with Crippen LogP contribution in [0.4, 0.5) is 5.82 Å². The average Bonchev–Trinajstić information content (AvgIpc) is 2.37. The number of hydrogen-bond donors (Lipinski definition) is 2. The molecular weight excluding hydrogens is 236 g/mol. The van der Waals surface area contributed by atoms with Crippen LogP contribution in [-0.4, -0.2) is 35.2 Å². The second-order valence-electron chi connectivity index (χ2n) is 3.33. The molecule has 1 heterocycles. The van der Waals surface area contributed by atoms with Crippen LogP contribution >= 0.6 is 0 Å². The van der Waals surface area contributed by atoms with Gasteiger partial charge in [0, 0.05) is 12.6 Å². The van der Waals surface area contributed by atoms with Gasteiger partial charge in [0.25, 0.3) is 0 Å². The molecule has 1 rings (SSSR count).